The molecule has 0 atom stereocenters. The van der Waals surface area contributed by atoms with E-state index in [-0.39, 0.29) is 24.3 Å². The molecule has 1 aliphatic carbocycles. The number of carbonyl (C=O) groups excluding carboxylic acids is 2. The van der Waals surface area contributed by atoms with Gasteiger partial charge in [-0.05, 0) is 51.0 Å². The highest BCUT2D eigenvalue weighted by Crippen LogP contribution is 2.32. The Labute approximate surface area is 149 Å². The number of anilines is 1. The van der Waals surface area contributed by atoms with E-state index in [1.165, 1.54) is 6.42 Å². The maximum absolute atomic E-state index is 12.9. The van der Waals surface area contributed by atoms with Gasteiger partial charge in [0, 0.05) is 18.2 Å². The molecule has 1 heterocycles. The highest BCUT2D eigenvalue weighted by Gasteiger charge is 2.42. The SMILES string of the molecule is COc1ccc(N2C(=O)CN(C(=O)C3CCCCC3)CC2(C)C)cc1. The van der Waals surface area contributed by atoms with Crippen LogP contribution in [0.5, 0.6) is 5.75 Å². The van der Waals surface area contributed by atoms with Gasteiger partial charge in [0.1, 0.15) is 12.3 Å². The molecule has 0 N–H and O–H groups in total. The second kappa shape index (κ2) is 7.06. The van der Waals surface area contributed by atoms with Crippen LogP contribution in [0.1, 0.15) is 46.0 Å². The number of hydrogen-bond acceptors (Lipinski definition) is 3. The Kier molecular flexibility index (Phi) is 5.02. The van der Waals surface area contributed by atoms with Gasteiger partial charge in [-0.25, -0.2) is 0 Å². The molecule has 1 saturated heterocycles. The van der Waals surface area contributed by atoms with E-state index in [4.69, 9.17) is 4.74 Å². The lowest BCUT2D eigenvalue weighted by atomic mass is 9.87. The molecule has 2 aliphatic rings. The summed E-state index contributed by atoms with van der Waals surface area (Å²) < 4.78 is 5.19. The number of carbonyl (C=O) groups is 2. The smallest absolute Gasteiger partial charge is 0.247 e. The van der Waals surface area contributed by atoms with Crippen molar-refractivity contribution < 1.29 is 14.3 Å². The summed E-state index contributed by atoms with van der Waals surface area (Å²) in [6.45, 7) is 4.79. The van der Waals surface area contributed by atoms with Gasteiger partial charge in [0.2, 0.25) is 11.8 Å². The molecule has 2 fully saturated rings. The number of benzene rings is 1. The Bertz CT molecular complexity index is 633. The molecule has 3 rings (SSSR count). The molecule has 1 aliphatic heterocycles. The second-order valence-electron chi connectivity index (χ2n) is 7.77. The average Bonchev–Trinajstić information content (AvgIpc) is 2.61. The van der Waals surface area contributed by atoms with Crippen LogP contribution in [-0.4, -0.2) is 42.5 Å². The van der Waals surface area contributed by atoms with Crippen LogP contribution in [-0.2, 0) is 9.59 Å². The highest BCUT2D eigenvalue weighted by molar-refractivity contribution is 5.99. The molecule has 0 unspecified atom stereocenters. The Morgan fingerprint density at radius 1 is 1.12 bits per heavy atom. The topological polar surface area (TPSA) is 49.9 Å². The molecule has 0 radical (unpaired) electrons. The summed E-state index contributed by atoms with van der Waals surface area (Å²) >= 11 is 0. The third-order valence-corrected chi connectivity index (χ3v) is 5.36. The van der Waals surface area contributed by atoms with Crippen LogP contribution in [0.25, 0.3) is 0 Å². The summed E-state index contributed by atoms with van der Waals surface area (Å²) in [7, 11) is 1.62. The van der Waals surface area contributed by atoms with Gasteiger partial charge in [-0.2, -0.15) is 0 Å². The quantitative estimate of drug-likeness (QED) is 0.846. The number of hydrogen-bond donors (Lipinski definition) is 0. The van der Waals surface area contributed by atoms with Crippen LogP contribution in [0.2, 0.25) is 0 Å². The number of amides is 2. The van der Waals surface area contributed by atoms with Crippen molar-refractivity contribution in [3.63, 3.8) is 0 Å². The van der Waals surface area contributed by atoms with E-state index >= 15 is 0 Å². The van der Waals surface area contributed by atoms with Crippen LogP contribution in [0.15, 0.2) is 24.3 Å². The summed E-state index contributed by atoms with van der Waals surface area (Å²) in [6, 6.07) is 7.52. The standard InChI is InChI=1S/C20H28N2O3/c1-20(2)14-21(19(24)15-7-5-4-6-8-15)13-18(23)22(20)16-9-11-17(25-3)12-10-16/h9-12,15H,4-8,13-14H2,1-3H3. The Balaban J connectivity index is 1.76. The van der Waals surface area contributed by atoms with Crippen molar-refractivity contribution in [3.8, 4) is 5.75 Å². The third kappa shape index (κ3) is 3.65. The van der Waals surface area contributed by atoms with E-state index in [0.717, 1.165) is 37.1 Å². The zero-order chi connectivity index (χ0) is 18.0. The maximum Gasteiger partial charge on any atom is 0.247 e. The van der Waals surface area contributed by atoms with Crippen LogP contribution in [0.3, 0.4) is 0 Å². The van der Waals surface area contributed by atoms with Gasteiger partial charge in [0.05, 0.1) is 12.6 Å². The summed E-state index contributed by atoms with van der Waals surface area (Å²) in [4.78, 5) is 29.3. The minimum Gasteiger partial charge on any atom is -0.497 e. The fourth-order valence-electron chi connectivity index (χ4n) is 4.15. The monoisotopic (exact) mass is 344 g/mol. The number of nitrogens with zero attached hydrogens (tertiary/aromatic N) is 2. The third-order valence-electron chi connectivity index (χ3n) is 5.36. The lowest BCUT2D eigenvalue weighted by Crippen LogP contribution is -2.64. The second-order valence-corrected chi connectivity index (χ2v) is 7.77. The van der Waals surface area contributed by atoms with Gasteiger partial charge < -0.3 is 14.5 Å². The van der Waals surface area contributed by atoms with Crippen molar-refractivity contribution in [3.05, 3.63) is 24.3 Å². The molecule has 136 valence electrons. The minimum atomic E-state index is -0.436. The van der Waals surface area contributed by atoms with Crippen LogP contribution in [0, 0.1) is 5.92 Å². The van der Waals surface area contributed by atoms with Crippen molar-refractivity contribution in [2.45, 2.75) is 51.5 Å². The molecule has 0 bridgehead atoms. The predicted molar refractivity (Wildman–Crippen MR) is 97.7 cm³/mol. The Morgan fingerprint density at radius 2 is 1.76 bits per heavy atom. The van der Waals surface area contributed by atoms with Crippen molar-refractivity contribution in [2.75, 3.05) is 25.1 Å². The first-order valence-electron chi connectivity index (χ1n) is 9.18. The maximum atomic E-state index is 12.9. The van der Waals surface area contributed by atoms with E-state index in [2.05, 4.69) is 0 Å². The van der Waals surface area contributed by atoms with Gasteiger partial charge in [0.25, 0.3) is 0 Å². The predicted octanol–water partition coefficient (Wildman–Crippen LogP) is 3.23. The molecule has 0 aromatic heterocycles. The van der Waals surface area contributed by atoms with Crippen LogP contribution < -0.4 is 9.64 Å². The largest absolute Gasteiger partial charge is 0.497 e. The van der Waals surface area contributed by atoms with Crippen molar-refractivity contribution in [1.29, 1.82) is 0 Å². The number of methoxy groups -OCH3 is 1. The molecule has 1 aromatic carbocycles. The van der Waals surface area contributed by atoms with Gasteiger partial charge in [-0.15, -0.1) is 0 Å². The fraction of sp³-hybridized carbons (Fsp3) is 0.600. The van der Waals surface area contributed by atoms with E-state index < -0.39 is 5.54 Å². The van der Waals surface area contributed by atoms with Gasteiger partial charge in [-0.3, -0.25) is 9.59 Å². The first-order chi connectivity index (χ1) is 11.9. The van der Waals surface area contributed by atoms with E-state index in [1.54, 1.807) is 12.0 Å². The lowest BCUT2D eigenvalue weighted by molar-refractivity contribution is -0.143. The van der Waals surface area contributed by atoms with Gasteiger partial charge in [0.15, 0.2) is 0 Å². The number of ether oxygens (including phenoxy) is 1. The van der Waals surface area contributed by atoms with E-state index in [9.17, 15) is 9.59 Å². The van der Waals surface area contributed by atoms with Crippen molar-refractivity contribution in [1.82, 2.24) is 4.90 Å². The molecule has 1 aromatic rings. The lowest BCUT2D eigenvalue weighted by Gasteiger charge is -2.47. The average molecular weight is 344 g/mol. The summed E-state index contributed by atoms with van der Waals surface area (Å²) in [5.74, 6) is 1.01. The normalized spacial score (nSPS) is 21.3. The molecule has 5 nitrogen and oxygen atoms in total. The molecule has 25 heavy (non-hydrogen) atoms. The Hall–Kier alpha value is -2.04. The summed E-state index contributed by atoms with van der Waals surface area (Å²) in [6.07, 6.45) is 5.40. The number of rotatable bonds is 3. The first kappa shape index (κ1) is 17.8. The molecule has 5 heteroatoms. The van der Waals surface area contributed by atoms with Crippen molar-refractivity contribution in [2.24, 2.45) is 5.92 Å². The summed E-state index contributed by atoms with van der Waals surface area (Å²) in [5.41, 5.74) is 0.411. The van der Waals surface area contributed by atoms with Crippen LogP contribution in [0.4, 0.5) is 5.69 Å². The number of piperazine rings is 1. The molecule has 0 spiro atoms. The van der Waals surface area contributed by atoms with Crippen LogP contribution >= 0.6 is 0 Å². The zero-order valence-corrected chi connectivity index (χ0v) is 15.5. The Morgan fingerprint density at radius 3 is 2.32 bits per heavy atom. The van der Waals surface area contributed by atoms with Gasteiger partial charge in [-0.1, -0.05) is 19.3 Å². The molecule has 2 amide bonds. The zero-order valence-electron chi connectivity index (χ0n) is 15.5. The fourth-order valence-corrected chi connectivity index (χ4v) is 4.15. The first-order valence-corrected chi connectivity index (χ1v) is 9.18. The molecule has 1 saturated carbocycles. The molecular formula is C20H28N2O3. The minimum absolute atomic E-state index is 0.0226. The molecular weight excluding hydrogens is 316 g/mol. The van der Waals surface area contributed by atoms with E-state index in [1.807, 2.05) is 43.0 Å². The summed E-state index contributed by atoms with van der Waals surface area (Å²) in [5, 5.41) is 0. The van der Waals surface area contributed by atoms with E-state index in [0.29, 0.717) is 6.54 Å². The highest BCUT2D eigenvalue weighted by atomic mass is 16.5. The van der Waals surface area contributed by atoms with Gasteiger partial charge >= 0.3 is 0 Å². The van der Waals surface area contributed by atoms with Crippen molar-refractivity contribution >= 4 is 17.5 Å².